The zero-order valence-corrected chi connectivity index (χ0v) is 18.0. The molecule has 0 radical (unpaired) electrons. The van der Waals surface area contributed by atoms with Crippen LogP contribution in [0.2, 0.25) is 0 Å². The summed E-state index contributed by atoms with van der Waals surface area (Å²) in [5.74, 6) is 2.07. The van der Waals surface area contributed by atoms with Gasteiger partial charge in [-0.05, 0) is 31.4 Å². The number of imide groups is 1. The Balaban J connectivity index is 0.000000479. The number of nitrogens with one attached hydrogen (secondary N) is 2. The van der Waals surface area contributed by atoms with Crippen LogP contribution in [-0.2, 0) is 19.6 Å². The Morgan fingerprint density at radius 2 is 1.97 bits per heavy atom. The lowest BCUT2D eigenvalue weighted by Crippen LogP contribution is -2.52. The van der Waals surface area contributed by atoms with E-state index in [2.05, 4.69) is 27.5 Å². The molecule has 3 amide bonds. The number of alkyl halides is 3. The predicted octanol–water partition coefficient (Wildman–Crippen LogP) is 0.626. The second-order valence-corrected chi connectivity index (χ2v) is 9.07. The van der Waals surface area contributed by atoms with Gasteiger partial charge in [-0.2, -0.15) is 17.5 Å². The van der Waals surface area contributed by atoms with Crippen LogP contribution >= 0.6 is 0 Å². The second kappa shape index (κ2) is 10.0. The minimum absolute atomic E-state index is 0.181. The van der Waals surface area contributed by atoms with Crippen molar-refractivity contribution < 1.29 is 41.1 Å². The summed E-state index contributed by atoms with van der Waals surface area (Å²) in [6, 6.07) is 4.77. The predicted molar refractivity (Wildman–Crippen MR) is 108 cm³/mol. The number of hydrogen-bond acceptors (Lipinski definition) is 6. The third kappa shape index (κ3) is 7.29. The molecule has 2 aliphatic rings. The zero-order valence-electron chi connectivity index (χ0n) is 17.1. The lowest BCUT2D eigenvalue weighted by molar-refractivity contribution is -0.192. The molecule has 0 aromatic carbocycles. The van der Waals surface area contributed by atoms with E-state index in [4.69, 9.17) is 9.90 Å². The number of sulfonamides is 1. The van der Waals surface area contributed by atoms with Crippen LogP contribution in [-0.4, -0.2) is 71.3 Å². The van der Waals surface area contributed by atoms with Crippen molar-refractivity contribution in [3.63, 3.8) is 0 Å². The van der Waals surface area contributed by atoms with Gasteiger partial charge in [0.05, 0.1) is 5.75 Å². The number of hydrogen-bond donors (Lipinski definition) is 3. The van der Waals surface area contributed by atoms with E-state index in [0.717, 1.165) is 5.57 Å². The van der Waals surface area contributed by atoms with Gasteiger partial charge in [-0.3, -0.25) is 10.1 Å². The molecule has 0 aliphatic carbocycles. The second-order valence-electron chi connectivity index (χ2n) is 7.10. The maximum Gasteiger partial charge on any atom is 0.490 e. The number of aliphatic carboxylic acids is 1. The molecule has 14 heteroatoms. The van der Waals surface area contributed by atoms with Crippen molar-refractivity contribution in [2.24, 2.45) is 0 Å². The number of carboxylic acid groups (broad SMARTS) is 1. The number of amides is 3. The van der Waals surface area contributed by atoms with Gasteiger partial charge >= 0.3 is 18.2 Å². The van der Waals surface area contributed by atoms with Crippen molar-refractivity contribution in [2.45, 2.75) is 25.1 Å². The maximum absolute atomic E-state index is 12.6. The molecule has 1 aromatic heterocycles. The van der Waals surface area contributed by atoms with Gasteiger partial charge in [0.1, 0.15) is 11.2 Å². The molecule has 3 rings (SSSR count). The number of carbonyl (C=O) groups is 3. The van der Waals surface area contributed by atoms with E-state index >= 15 is 0 Å². The quantitative estimate of drug-likeness (QED) is 0.418. The highest BCUT2D eigenvalue weighted by molar-refractivity contribution is 7.89. The Morgan fingerprint density at radius 1 is 1.30 bits per heavy atom. The lowest BCUT2D eigenvalue weighted by Gasteiger charge is -2.28. The van der Waals surface area contributed by atoms with E-state index < -0.39 is 45.4 Å². The van der Waals surface area contributed by atoms with Gasteiger partial charge in [-0.25, -0.2) is 23.0 Å². The third-order valence-electron chi connectivity index (χ3n) is 4.41. The molecule has 10 nitrogen and oxygen atoms in total. The topological polar surface area (TPSA) is 146 Å². The van der Waals surface area contributed by atoms with Crippen molar-refractivity contribution in [3.05, 3.63) is 41.7 Å². The van der Waals surface area contributed by atoms with Crippen molar-refractivity contribution in [3.8, 4) is 11.8 Å². The SMILES string of the molecule is C[C@]1(CS(=O)(=O)N2CC=C(C#Cc3ccccn3)CC2)NC(=O)NC1=O.O=C(O)C(F)(F)F. The van der Waals surface area contributed by atoms with Crippen molar-refractivity contribution in [1.82, 2.24) is 19.9 Å². The summed E-state index contributed by atoms with van der Waals surface area (Å²) in [5.41, 5.74) is 0.0400. The van der Waals surface area contributed by atoms with Crippen LogP contribution in [0.1, 0.15) is 19.0 Å². The lowest BCUT2D eigenvalue weighted by atomic mass is 10.1. The number of carbonyl (C=O) groups excluding carboxylic acids is 2. The minimum Gasteiger partial charge on any atom is -0.475 e. The normalized spacial score (nSPS) is 20.9. The smallest absolute Gasteiger partial charge is 0.475 e. The Hall–Kier alpha value is -3.44. The summed E-state index contributed by atoms with van der Waals surface area (Å²) in [4.78, 5) is 36.1. The molecule has 0 saturated carbocycles. The average molecular weight is 488 g/mol. The zero-order chi connectivity index (χ0) is 24.9. The number of aromatic nitrogens is 1. The van der Waals surface area contributed by atoms with E-state index in [1.54, 1.807) is 24.4 Å². The van der Waals surface area contributed by atoms with E-state index in [9.17, 15) is 31.2 Å². The van der Waals surface area contributed by atoms with Crippen LogP contribution in [0.5, 0.6) is 0 Å². The van der Waals surface area contributed by atoms with Crippen molar-refractivity contribution >= 4 is 27.9 Å². The van der Waals surface area contributed by atoms with Crippen LogP contribution in [0.25, 0.3) is 0 Å². The Labute approximate surface area is 186 Å². The van der Waals surface area contributed by atoms with Gasteiger partial charge in [0.15, 0.2) is 0 Å². The van der Waals surface area contributed by atoms with Gasteiger partial charge < -0.3 is 10.4 Å². The van der Waals surface area contributed by atoms with Gasteiger partial charge in [0.25, 0.3) is 5.91 Å². The number of rotatable bonds is 3. The third-order valence-corrected chi connectivity index (χ3v) is 6.47. The Morgan fingerprint density at radius 3 is 2.42 bits per heavy atom. The van der Waals surface area contributed by atoms with E-state index in [1.165, 1.54) is 11.2 Å². The van der Waals surface area contributed by atoms with E-state index in [1.807, 2.05) is 6.07 Å². The molecule has 0 unspecified atom stereocenters. The average Bonchev–Trinajstić information content (AvgIpc) is 2.97. The van der Waals surface area contributed by atoms with Gasteiger partial charge in [-0.1, -0.05) is 18.1 Å². The van der Waals surface area contributed by atoms with Gasteiger partial charge in [0.2, 0.25) is 10.0 Å². The summed E-state index contributed by atoms with van der Waals surface area (Å²) >= 11 is 0. The number of nitrogens with zero attached hydrogens (tertiary/aromatic N) is 2. The van der Waals surface area contributed by atoms with Crippen molar-refractivity contribution in [2.75, 3.05) is 18.8 Å². The van der Waals surface area contributed by atoms with E-state index in [0.29, 0.717) is 12.1 Å². The standard InChI is InChI=1S/C17H18N4O4S.C2HF3O2/c1-17(15(22)19-16(23)20-17)12-26(24,25)21-10-7-13(8-11-21)5-6-14-4-2-3-9-18-14;3-2(4,5)1(6)7/h2-4,7,9H,8,10-12H2,1H3,(H2,19,20,22,23);(H,6,7)/t17-;/m1./s1. The van der Waals surface area contributed by atoms with Crippen LogP contribution in [0.15, 0.2) is 36.0 Å². The first-order valence-corrected chi connectivity index (χ1v) is 10.9. The highest BCUT2D eigenvalue weighted by Crippen LogP contribution is 2.19. The van der Waals surface area contributed by atoms with Gasteiger partial charge in [0, 0.05) is 24.9 Å². The van der Waals surface area contributed by atoms with Crippen LogP contribution in [0, 0.1) is 11.8 Å². The first-order chi connectivity index (χ1) is 15.2. The first kappa shape index (κ1) is 25.8. The monoisotopic (exact) mass is 488 g/mol. The molecule has 1 atom stereocenters. The van der Waals surface area contributed by atoms with Crippen LogP contribution in [0.3, 0.4) is 0 Å². The fourth-order valence-corrected chi connectivity index (χ4v) is 4.52. The number of urea groups is 1. The maximum atomic E-state index is 12.6. The van der Waals surface area contributed by atoms with Crippen LogP contribution < -0.4 is 10.6 Å². The molecule has 0 bridgehead atoms. The molecule has 0 spiro atoms. The highest BCUT2D eigenvalue weighted by atomic mass is 32.2. The van der Waals surface area contributed by atoms with Gasteiger partial charge in [-0.15, -0.1) is 0 Å². The Bertz CT molecular complexity index is 1130. The summed E-state index contributed by atoms with van der Waals surface area (Å²) in [5, 5.41) is 11.6. The molecular weight excluding hydrogens is 469 g/mol. The molecule has 1 saturated heterocycles. The molecule has 1 fully saturated rings. The molecule has 3 heterocycles. The fourth-order valence-electron chi connectivity index (χ4n) is 2.74. The minimum atomic E-state index is -5.08. The largest absolute Gasteiger partial charge is 0.490 e. The molecular formula is C19H19F3N4O6S. The summed E-state index contributed by atoms with van der Waals surface area (Å²) in [7, 11) is -3.72. The highest BCUT2D eigenvalue weighted by Gasteiger charge is 2.46. The number of carboxylic acids is 1. The molecule has 3 N–H and O–H groups in total. The summed E-state index contributed by atoms with van der Waals surface area (Å²) < 4.78 is 58.2. The van der Waals surface area contributed by atoms with E-state index in [-0.39, 0.29) is 13.1 Å². The molecule has 178 valence electrons. The summed E-state index contributed by atoms with van der Waals surface area (Å²) in [6.07, 6.45) is -1.19. The van der Waals surface area contributed by atoms with Crippen molar-refractivity contribution in [1.29, 1.82) is 0 Å². The summed E-state index contributed by atoms with van der Waals surface area (Å²) in [6.45, 7) is 1.85. The number of pyridine rings is 1. The Kier molecular flexibility index (Phi) is 7.83. The number of halogens is 3. The molecule has 2 aliphatic heterocycles. The fraction of sp³-hybridized carbons (Fsp3) is 0.368. The molecule has 1 aromatic rings. The van der Waals surface area contributed by atoms with Crippen LogP contribution in [0.4, 0.5) is 18.0 Å². The first-order valence-electron chi connectivity index (χ1n) is 9.26. The molecule has 33 heavy (non-hydrogen) atoms.